The van der Waals surface area contributed by atoms with Crippen molar-refractivity contribution >= 4 is 34.8 Å². The number of nitrogens with one attached hydrogen (secondary N) is 1. The molecule has 0 unspecified atom stereocenters. The molecule has 3 N–H and O–H groups in total. The maximum absolute atomic E-state index is 13.4. The standard InChI is InChI=1S/C20H19Cl2N5O3/c1-9(2)16-17(18(28)13-7-12(21)4-10(3)24-13)27(20(30)26-19(16)29)8-11-5-14(22)25-15(23)6-11/h4-7,9H,8H2,1-3H3,(H2,23,25)(H,26,29,30). The van der Waals surface area contributed by atoms with Gasteiger partial charge in [0.2, 0.25) is 5.78 Å². The second-order valence-corrected chi connectivity index (χ2v) is 7.95. The van der Waals surface area contributed by atoms with E-state index < -0.39 is 17.0 Å². The van der Waals surface area contributed by atoms with Crippen LogP contribution in [0.4, 0.5) is 5.82 Å². The summed E-state index contributed by atoms with van der Waals surface area (Å²) in [6.07, 6.45) is 0. The van der Waals surface area contributed by atoms with E-state index in [0.717, 1.165) is 0 Å². The molecule has 0 radical (unpaired) electrons. The van der Waals surface area contributed by atoms with Gasteiger partial charge in [0, 0.05) is 16.3 Å². The lowest BCUT2D eigenvalue weighted by molar-refractivity contribution is 0.102. The fourth-order valence-electron chi connectivity index (χ4n) is 3.23. The lowest BCUT2D eigenvalue weighted by Crippen LogP contribution is -2.38. The van der Waals surface area contributed by atoms with Crippen molar-refractivity contribution < 1.29 is 4.79 Å². The van der Waals surface area contributed by atoms with E-state index >= 15 is 0 Å². The zero-order valence-electron chi connectivity index (χ0n) is 16.5. The molecule has 30 heavy (non-hydrogen) atoms. The number of H-pyrrole nitrogens is 1. The third kappa shape index (κ3) is 4.44. The number of hydrogen-bond donors (Lipinski definition) is 2. The van der Waals surface area contributed by atoms with Crippen molar-refractivity contribution in [2.75, 3.05) is 5.73 Å². The van der Waals surface area contributed by atoms with E-state index in [-0.39, 0.29) is 40.4 Å². The molecule has 10 heteroatoms. The first-order valence-electron chi connectivity index (χ1n) is 9.04. The molecule has 0 amide bonds. The van der Waals surface area contributed by atoms with Crippen LogP contribution in [-0.2, 0) is 6.54 Å². The first-order valence-corrected chi connectivity index (χ1v) is 9.80. The van der Waals surface area contributed by atoms with Crippen molar-refractivity contribution in [1.82, 2.24) is 19.5 Å². The van der Waals surface area contributed by atoms with E-state index in [4.69, 9.17) is 28.9 Å². The average Bonchev–Trinajstić information content (AvgIpc) is 2.61. The molecule has 0 aromatic carbocycles. The molecule has 156 valence electrons. The van der Waals surface area contributed by atoms with Gasteiger partial charge in [-0.3, -0.25) is 19.1 Å². The number of hydrogen-bond acceptors (Lipinski definition) is 6. The van der Waals surface area contributed by atoms with Gasteiger partial charge in [-0.2, -0.15) is 0 Å². The van der Waals surface area contributed by atoms with Gasteiger partial charge >= 0.3 is 5.69 Å². The SMILES string of the molecule is Cc1cc(Cl)cc(C(=O)c2c(C(C)C)c(=O)[nH]c(=O)n2Cc2cc(N)nc(Cl)c2)n1. The minimum absolute atomic E-state index is 0.0351. The number of nitrogen functional groups attached to an aromatic ring is 1. The second-order valence-electron chi connectivity index (χ2n) is 7.13. The van der Waals surface area contributed by atoms with E-state index in [2.05, 4.69) is 15.0 Å². The predicted octanol–water partition coefficient (Wildman–Crippen LogP) is 2.93. The molecular formula is C20H19Cl2N5O3. The molecular weight excluding hydrogens is 429 g/mol. The van der Waals surface area contributed by atoms with Gasteiger partial charge in [-0.1, -0.05) is 37.0 Å². The van der Waals surface area contributed by atoms with E-state index in [1.807, 2.05) is 0 Å². The number of pyridine rings is 2. The molecule has 3 aromatic rings. The number of aromatic nitrogens is 4. The Morgan fingerprint density at radius 1 is 1.17 bits per heavy atom. The fourth-order valence-corrected chi connectivity index (χ4v) is 3.73. The van der Waals surface area contributed by atoms with Crippen molar-refractivity contribution in [2.24, 2.45) is 0 Å². The minimum Gasteiger partial charge on any atom is -0.384 e. The molecule has 8 nitrogen and oxygen atoms in total. The molecule has 3 heterocycles. The summed E-state index contributed by atoms with van der Waals surface area (Å²) in [5.41, 5.74) is 5.61. The fraction of sp³-hybridized carbons (Fsp3) is 0.250. The van der Waals surface area contributed by atoms with Gasteiger partial charge in [-0.05, 0) is 42.7 Å². The summed E-state index contributed by atoms with van der Waals surface area (Å²) in [5, 5.41) is 0.468. The molecule has 0 saturated carbocycles. The molecule has 0 bridgehead atoms. The van der Waals surface area contributed by atoms with Crippen molar-refractivity contribution in [3.63, 3.8) is 0 Å². The molecule has 3 rings (SSSR count). The number of anilines is 1. The normalized spacial score (nSPS) is 11.1. The largest absolute Gasteiger partial charge is 0.384 e. The van der Waals surface area contributed by atoms with Crippen LogP contribution in [-0.4, -0.2) is 25.3 Å². The number of aryl methyl sites for hydroxylation is 1. The summed E-state index contributed by atoms with van der Waals surface area (Å²) >= 11 is 12.1. The molecule has 0 aliphatic carbocycles. The zero-order valence-corrected chi connectivity index (χ0v) is 18.0. The Hall–Kier alpha value is -2.97. The van der Waals surface area contributed by atoms with Crippen molar-refractivity contribution in [3.05, 3.63) is 83.5 Å². The van der Waals surface area contributed by atoms with Crippen molar-refractivity contribution in [2.45, 2.75) is 33.2 Å². The van der Waals surface area contributed by atoms with Crippen molar-refractivity contribution in [3.8, 4) is 0 Å². The van der Waals surface area contributed by atoms with E-state index in [1.54, 1.807) is 26.8 Å². The number of carbonyl (C=O) groups excluding carboxylic acids is 1. The highest BCUT2D eigenvalue weighted by atomic mass is 35.5. The van der Waals surface area contributed by atoms with E-state index in [0.29, 0.717) is 16.3 Å². The Bertz CT molecular complexity index is 1220. The smallest absolute Gasteiger partial charge is 0.329 e. The van der Waals surface area contributed by atoms with Gasteiger partial charge in [-0.15, -0.1) is 0 Å². The number of aromatic amines is 1. The van der Waals surface area contributed by atoms with Gasteiger partial charge < -0.3 is 5.73 Å². The van der Waals surface area contributed by atoms with Crippen LogP contribution < -0.4 is 17.0 Å². The lowest BCUT2D eigenvalue weighted by Gasteiger charge is -2.17. The van der Waals surface area contributed by atoms with Crippen LogP contribution in [0.15, 0.2) is 33.9 Å². The van der Waals surface area contributed by atoms with Crippen LogP contribution in [0.3, 0.4) is 0 Å². The molecule has 0 fully saturated rings. The Labute approximate surface area is 181 Å². The number of halogens is 2. The van der Waals surface area contributed by atoms with Crippen LogP contribution in [0.25, 0.3) is 0 Å². The summed E-state index contributed by atoms with van der Waals surface area (Å²) in [7, 11) is 0. The van der Waals surface area contributed by atoms with Crippen LogP contribution in [0.2, 0.25) is 10.2 Å². The van der Waals surface area contributed by atoms with Crippen LogP contribution in [0.5, 0.6) is 0 Å². The second kappa shape index (κ2) is 8.41. The summed E-state index contributed by atoms with van der Waals surface area (Å²) in [6.45, 7) is 5.16. The molecule has 0 atom stereocenters. The third-order valence-electron chi connectivity index (χ3n) is 4.39. The van der Waals surface area contributed by atoms with Gasteiger partial charge in [0.1, 0.15) is 22.4 Å². The Kier molecular flexibility index (Phi) is 6.09. The van der Waals surface area contributed by atoms with Crippen LogP contribution in [0.1, 0.15) is 52.8 Å². The molecule has 0 aliphatic rings. The summed E-state index contributed by atoms with van der Waals surface area (Å²) in [6, 6.07) is 6.07. The highest BCUT2D eigenvalue weighted by molar-refractivity contribution is 6.31. The number of ketones is 1. The van der Waals surface area contributed by atoms with Gasteiger partial charge in [0.15, 0.2) is 0 Å². The van der Waals surface area contributed by atoms with Crippen LogP contribution >= 0.6 is 23.2 Å². The van der Waals surface area contributed by atoms with E-state index in [1.165, 1.54) is 22.8 Å². The maximum Gasteiger partial charge on any atom is 0.329 e. The summed E-state index contributed by atoms with van der Waals surface area (Å²) in [5.74, 6) is -0.759. The topological polar surface area (TPSA) is 124 Å². The van der Waals surface area contributed by atoms with Gasteiger partial charge in [0.05, 0.1) is 6.54 Å². The Morgan fingerprint density at radius 2 is 1.87 bits per heavy atom. The summed E-state index contributed by atoms with van der Waals surface area (Å²) < 4.78 is 1.18. The number of rotatable bonds is 5. The highest BCUT2D eigenvalue weighted by Gasteiger charge is 2.26. The molecule has 0 spiro atoms. The monoisotopic (exact) mass is 447 g/mol. The molecule has 3 aromatic heterocycles. The quantitative estimate of drug-likeness (QED) is 0.457. The van der Waals surface area contributed by atoms with Gasteiger partial charge in [-0.25, -0.2) is 14.8 Å². The zero-order chi connectivity index (χ0) is 22.2. The van der Waals surface area contributed by atoms with Gasteiger partial charge in [0.25, 0.3) is 5.56 Å². The minimum atomic E-state index is -0.738. The maximum atomic E-state index is 13.4. The number of nitrogens with two attached hydrogens (primary N) is 1. The Morgan fingerprint density at radius 3 is 2.47 bits per heavy atom. The first kappa shape index (κ1) is 21.7. The number of carbonyl (C=O) groups is 1. The van der Waals surface area contributed by atoms with E-state index in [9.17, 15) is 14.4 Å². The predicted molar refractivity (Wildman–Crippen MR) is 116 cm³/mol. The average molecular weight is 448 g/mol. The van der Waals surface area contributed by atoms with Crippen LogP contribution in [0, 0.1) is 6.92 Å². The Balaban J connectivity index is 2.29. The first-order chi connectivity index (χ1) is 14.1. The van der Waals surface area contributed by atoms with Crippen molar-refractivity contribution in [1.29, 1.82) is 0 Å². The molecule has 0 saturated heterocycles. The summed E-state index contributed by atoms with van der Waals surface area (Å²) in [4.78, 5) is 49.1. The number of nitrogens with zero attached hydrogens (tertiary/aromatic N) is 3. The lowest BCUT2D eigenvalue weighted by atomic mass is 9.98. The molecule has 0 aliphatic heterocycles. The highest BCUT2D eigenvalue weighted by Crippen LogP contribution is 2.21. The third-order valence-corrected chi connectivity index (χ3v) is 4.80.